The van der Waals surface area contributed by atoms with Crippen molar-refractivity contribution < 1.29 is 9.53 Å². The molecule has 0 saturated carbocycles. The van der Waals surface area contributed by atoms with E-state index in [1.54, 1.807) is 30.6 Å². The Hall–Kier alpha value is -2.74. The van der Waals surface area contributed by atoms with Gasteiger partial charge in [0, 0.05) is 53.7 Å². The van der Waals surface area contributed by atoms with Crippen LogP contribution in [0.25, 0.3) is 11.3 Å². The first kappa shape index (κ1) is 20.5. The van der Waals surface area contributed by atoms with E-state index in [-0.39, 0.29) is 23.7 Å². The number of nitrogens with two attached hydrogens (primary N) is 1. The molecule has 1 aromatic carbocycles. The Morgan fingerprint density at radius 3 is 2.73 bits per heavy atom. The lowest BCUT2D eigenvalue weighted by Crippen LogP contribution is -2.37. The van der Waals surface area contributed by atoms with Crippen LogP contribution in [-0.4, -0.2) is 47.0 Å². The van der Waals surface area contributed by atoms with E-state index in [2.05, 4.69) is 19.9 Å². The molecule has 4 rings (SSSR count). The van der Waals surface area contributed by atoms with Crippen molar-refractivity contribution in [2.24, 2.45) is 0 Å². The van der Waals surface area contributed by atoms with Crippen molar-refractivity contribution in [3.05, 3.63) is 64.2 Å². The van der Waals surface area contributed by atoms with E-state index in [0.717, 1.165) is 24.3 Å². The largest absolute Gasteiger partial charge is 0.382 e. The van der Waals surface area contributed by atoms with Crippen molar-refractivity contribution in [1.82, 2.24) is 15.0 Å². The fourth-order valence-corrected chi connectivity index (χ4v) is 3.86. The lowest BCUT2D eigenvalue weighted by molar-refractivity contribution is 0.0988. The molecule has 0 bridgehead atoms. The number of halogens is 2. The standard InChI is InChI=1S/C21H19Cl2N5O2/c22-14-1-2-15(16(23)10-14)17-12-26-21(24)20(27-17)19(29)9-13-11-25-4-3-18(13)28-5-7-30-8-6-28/h1-4,10-12H,5-9H2,(H2,24,26). The predicted octanol–water partition coefficient (Wildman–Crippen LogP) is 3.69. The molecule has 0 aliphatic carbocycles. The van der Waals surface area contributed by atoms with Gasteiger partial charge in [-0.2, -0.15) is 0 Å². The topological polar surface area (TPSA) is 94.2 Å². The van der Waals surface area contributed by atoms with Crippen LogP contribution in [0.15, 0.2) is 42.9 Å². The molecular weight excluding hydrogens is 425 g/mol. The molecule has 30 heavy (non-hydrogen) atoms. The number of carbonyl (C=O) groups excluding carboxylic acids is 1. The van der Waals surface area contributed by atoms with E-state index in [9.17, 15) is 4.79 Å². The number of anilines is 2. The van der Waals surface area contributed by atoms with Gasteiger partial charge in [-0.25, -0.2) is 9.97 Å². The van der Waals surface area contributed by atoms with Crippen LogP contribution >= 0.6 is 23.2 Å². The Labute approximate surface area is 183 Å². The molecule has 0 unspecified atom stereocenters. The summed E-state index contributed by atoms with van der Waals surface area (Å²) < 4.78 is 5.42. The first-order valence-electron chi connectivity index (χ1n) is 9.39. The molecule has 2 aromatic heterocycles. The van der Waals surface area contributed by atoms with Crippen molar-refractivity contribution in [1.29, 1.82) is 0 Å². The second kappa shape index (κ2) is 8.95. The zero-order chi connectivity index (χ0) is 21.1. The summed E-state index contributed by atoms with van der Waals surface area (Å²) in [4.78, 5) is 28.1. The summed E-state index contributed by atoms with van der Waals surface area (Å²) >= 11 is 12.2. The normalized spacial score (nSPS) is 14.0. The minimum absolute atomic E-state index is 0.0747. The SMILES string of the molecule is Nc1ncc(-c2ccc(Cl)cc2Cl)nc1C(=O)Cc1cnccc1N1CCOCC1. The van der Waals surface area contributed by atoms with Crippen molar-refractivity contribution in [3.63, 3.8) is 0 Å². The van der Waals surface area contributed by atoms with Gasteiger partial charge in [-0.3, -0.25) is 9.78 Å². The minimum Gasteiger partial charge on any atom is -0.382 e. The van der Waals surface area contributed by atoms with Crippen LogP contribution in [0.5, 0.6) is 0 Å². The fourth-order valence-electron chi connectivity index (χ4n) is 3.36. The second-order valence-corrected chi connectivity index (χ2v) is 7.66. The average molecular weight is 444 g/mol. The number of Topliss-reactive ketones (excluding diaryl/α,β-unsaturated/α-hetero) is 1. The third kappa shape index (κ3) is 4.38. The summed E-state index contributed by atoms with van der Waals surface area (Å²) in [6.45, 7) is 2.82. The molecule has 1 aliphatic heterocycles. The monoisotopic (exact) mass is 443 g/mol. The maximum atomic E-state index is 13.1. The number of ketones is 1. The van der Waals surface area contributed by atoms with Crippen LogP contribution in [0.3, 0.4) is 0 Å². The number of aromatic nitrogens is 3. The van der Waals surface area contributed by atoms with Crippen LogP contribution in [0, 0.1) is 0 Å². The number of ether oxygens (including phenoxy) is 1. The molecule has 2 N–H and O–H groups in total. The first-order valence-corrected chi connectivity index (χ1v) is 10.2. The van der Waals surface area contributed by atoms with Gasteiger partial charge in [-0.1, -0.05) is 23.2 Å². The van der Waals surface area contributed by atoms with Crippen LogP contribution in [0.1, 0.15) is 16.1 Å². The van der Waals surface area contributed by atoms with Gasteiger partial charge >= 0.3 is 0 Å². The number of rotatable bonds is 5. The minimum atomic E-state index is -0.241. The highest BCUT2D eigenvalue weighted by Crippen LogP contribution is 2.30. The van der Waals surface area contributed by atoms with E-state index in [1.165, 1.54) is 6.20 Å². The van der Waals surface area contributed by atoms with Crippen LogP contribution in [-0.2, 0) is 11.2 Å². The molecule has 1 fully saturated rings. The summed E-state index contributed by atoms with van der Waals surface area (Å²) in [7, 11) is 0. The zero-order valence-corrected chi connectivity index (χ0v) is 17.5. The molecule has 9 heteroatoms. The summed E-state index contributed by atoms with van der Waals surface area (Å²) in [5, 5.41) is 0.928. The molecular formula is C21H19Cl2N5O2. The Balaban J connectivity index is 1.63. The lowest BCUT2D eigenvalue weighted by atomic mass is 10.1. The highest BCUT2D eigenvalue weighted by molar-refractivity contribution is 6.36. The maximum absolute atomic E-state index is 13.1. The van der Waals surface area contributed by atoms with Gasteiger partial charge in [-0.05, 0) is 24.3 Å². The number of morpholine rings is 1. The first-order chi connectivity index (χ1) is 14.5. The van der Waals surface area contributed by atoms with Crippen molar-refractivity contribution in [2.45, 2.75) is 6.42 Å². The number of nitrogens with zero attached hydrogens (tertiary/aromatic N) is 4. The summed E-state index contributed by atoms with van der Waals surface area (Å²) in [5.74, 6) is -0.167. The quantitative estimate of drug-likeness (QED) is 0.600. The van der Waals surface area contributed by atoms with Gasteiger partial charge < -0.3 is 15.4 Å². The second-order valence-electron chi connectivity index (χ2n) is 6.82. The highest BCUT2D eigenvalue weighted by Gasteiger charge is 2.20. The Morgan fingerprint density at radius 2 is 1.97 bits per heavy atom. The van der Waals surface area contributed by atoms with Crippen LogP contribution in [0.2, 0.25) is 10.0 Å². The van der Waals surface area contributed by atoms with E-state index in [4.69, 9.17) is 33.7 Å². The van der Waals surface area contributed by atoms with Gasteiger partial charge in [0.2, 0.25) is 0 Å². The van der Waals surface area contributed by atoms with Crippen LogP contribution < -0.4 is 10.6 Å². The summed E-state index contributed by atoms with van der Waals surface area (Å²) in [6, 6.07) is 6.96. The summed E-state index contributed by atoms with van der Waals surface area (Å²) in [5.41, 5.74) is 8.93. The molecule has 1 saturated heterocycles. The van der Waals surface area contributed by atoms with E-state index in [1.807, 2.05) is 6.07 Å². The zero-order valence-electron chi connectivity index (χ0n) is 16.0. The Kier molecular flexibility index (Phi) is 6.13. The molecule has 0 radical (unpaired) electrons. The molecule has 3 aromatic rings. The maximum Gasteiger partial charge on any atom is 0.189 e. The van der Waals surface area contributed by atoms with Crippen molar-refractivity contribution >= 4 is 40.5 Å². The number of carbonyl (C=O) groups is 1. The molecule has 0 amide bonds. The van der Waals surface area contributed by atoms with Gasteiger partial charge in [0.15, 0.2) is 11.6 Å². The molecule has 3 heterocycles. The van der Waals surface area contributed by atoms with Gasteiger partial charge in [0.05, 0.1) is 30.1 Å². The lowest BCUT2D eigenvalue weighted by Gasteiger charge is -2.30. The smallest absolute Gasteiger partial charge is 0.189 e. The van der Waals surface area contributed by atoms with E-state index in [0.29, 0.717) is 34.5 Å². The highest BCUT2D eigenvalue weighted by atomic mass is 35.5. The van der Waals surface area contributed by atoms with Crippen LogP contribution in [0.4, 0.5) is 11.5 Å². The van der Waals surface area contributed by atoms with Gasteiger partial charge in [-0.15, -0.1) is 0 Å². The van der Waals surface area contributed by atoms with Gasteiger partial charge in [0.25, 0.3) is 0 Å². The number of pyridine rings is 1. The number of hydrogen-bond acceptors (Lipinski definition) is 7. The molecule has 1 aliphatic rings. The molecule has 154 valence electrons. The van der Waals surface area contributed by atoms with Crippen molar-refractivity contribution in [3.8, 4) is 11.3 Å². The van der Waals surface area contributed by atoms with Crippen molar-refractivity contribution in [2.75, 3.05) is 36.9 Å². The number of nitrogen functional groups attached to an aromatic ring is 1. The number of benzene rings is 1. The summed E-state index contributed by atoms with van der Waals surface area (Å²) in [6.07, 6.45) is 5.02. The third-order valence-electron chi connectivity index (χ3n) is 4.85. The average Bonchev–Trinajstić information content (AvgIpc) is 2.75. The molecule has 0 spiro atoms. The number of hydrogen-bond donors (Lipinski definition) is 1. The molecule has 7 nitrogen and oxygen atoms in total. The molecule has 0 atom stereocenters. The van der Waals surface area contributed by atoms with E-state index >= 15 is 0 Å². The Morgan fingerprint density at radius 1 is 1.17 bits per heavy atom. The fraction of sp³-hybridized carbons (Fsp3) is 0.238. The Bertz CT molecular complexity index is 1090. The third-order valence-corrected chi connectivity index (χ3v) is 5.40. The predicted molar refractivity (Wildman–Crippen MR) is 117 cm³/mol. The van der Waals surface area contributed by atoms with Gasteiger partial charge in [0.1, 0.15) is 5.69 Å². The van der Waals surface area contributed by atoms with E-state index < -0.39 is 0 Å².